The number of carbonyl (C=O) groups excluding carboxylic acids is 2. The molecule has 0 amide bonds. The Bertz CT molecular complexity index is 1660. The lowest BCUT2D eigenvalue weighted by molar-refractivity contribution is 0.111. The number of benzene rings is 2. The number of halogens is 2. The molecule has 0 aliphatic heterocycles. The fraction of sp³-hybridized carbons (Fsp3) is 0.0714. The number of hydrogen-bond acceptors (Lipinski definition) is 5. The van der Waals surface area contributed by atoms with E-state index in [0.29, 0.717) is 44.4 Å². The molecule has 5 rings (SSSR count). The molecular formula is C28H19Cl2N3O3. The predicted octanol–water partition coefficient (Wildman–Crippen LogP) is 6.91. The molecule has 3 heterocycles. The highest BCUT2D eigenvalue weighted by molar-refractivity contribution is 6.39. The third-order valence-corrected chi connectivity index (χ3v) is 6.90. The minimum atomic E-state index is 0.226. The minimum absolute atomic E-state index is 0.226. The standard InChI is InChI=1S/C28H19Cl2N3O3/c1-33-13-17(15-35)22-12-31-24(11-25(22)33)21-8-4-6-19(27(21)30)18-5-3-7-20(26(18)29)23-10-9-16(14-34)28(32-23)36-2/h3-15H,1-2H3. The summed E-state index contributed by atoms with van der Waals surface area (Å²) < 4.78 is 7.14. The highest BCUT2D eigenvalue weighted by Crippen LogP contribution is 2.42. The number of pyridine rings is 2. The van der Waals surface area contributed by atoms with Gasteiger partial charge < -0.3 is 9.30 Å². The first-order valence-electron chi connectivity index (χ1n) is 11.0. The van der Waals surface area contributed by atoms with Gasteiger partial charge in [-0.05, 0) is 18.2 Å². The Kier molecular flexibility index (Phi) is 6.31. The lowest BCUT2D eigenvalue weighted by atomic mass is 9.98. The van der Waals surface area contributed by atoms with Gasteiger partial charge in [-0.3, -0.25) is 14.6 Å². The summed E-state index contributed by atoms with van der Waals surface area (Å²) in [5, 5.41) is 1.74. The van der Waals surface area contributed by atoms with Crippen LogP contribution in [-0.4, -0.2) is 34.2 Å². The van der Waals surface area contributed by atoms with E-state index in [1.165, 1.54) is 7.11 Å². The third-order valence-electron chi connectivity index (χ3n) is 6.08. The number of aryl methyl sites for hydroxylation is 1. The molecule has 5 aromatic rings. The molecule has 178 valence electrons. The van der Waals surface area contributed by atoms with Gasteiger partial charge in [-0.15, -0.1) is 0 Å². The van der Waals surface area contributed by atoms with Crippen LogP contribution in [0.25, 0.3) is 44.5 Å². The van der Waals surface area contributed by atoms with Gasteiger partial charge in [-0.25, -0.2) is 4.98 Å². The van der Waals surface area contributed by atoms with Crippen molar-refractivity contribution in [1.29, 1.82) is 0 Å². The fourth-order valence-corrected chi connectivity index (χ4v) is 4.93. The second-order valence-electron chi connectivity index (χ2n) is 8.15. The second kappa shape index (κ2) is 9.57. The lowest BCUT2D eigenvalue weighted by Gasteiger charge is -2.14. The van der Waals surface area contributed by atoms with Crippen molar-refractivity contribution in [3.63, 3.8) is 0 Å². The van der Waals surface area contributed by atoms with Crippen molar-refractivity contribution in [3.05, 3.63) is 88.2 Å². The molecule has 0 saturated heterocycles. The lowest BCUT2D eigenvalue weighted by Crippen LogP contribution is -1.96. The minimum Gasteiger partial charge on any atom is -0.480 e. The highest BCUT2D eigenvalue weighted by atomic mass is 35.5. The number of hydrogen-bond donors (Lipinski definition) is 0. The quantitative estimate of drug-likeness (QED) is 0.229. The number of carbonyl (C=O) groups is 2. The van der Waals surface area contributed by atoms with Gasteiger partial charge in [0.05, 0.1) is 39.6 Å². The van der Waals surface area contributed by atoms with E-state index in [2.05, 4.69) is 9.97 Å². The molecule has 3 aromatic heterocycles. The van der Waals surface area contributed by atoms with E-state index in [4.69, 9.17) is 27.9 Å². The van der Waals surface area contributed by atoms with Crippen molar-refractivity contribution in [2.75, 3.05) is 7.11 Å². The number of fused-ring (bicyclic) bond motifs is 1. The van der Waals surface area contributed by atoms with Gasteiger partial charge in [-0.1, -0.05) is 59.6 Å². The van der Waals surface area contributed by atoms with Gasteiger partial charge in [0.25, 0.3) is 0 Å². The fourth-order valence-electron chi connectivity index (χ4n) is 4.28. The van der Waals surface area contributed by atoms with Crippen LogP contribution in [0.4, 0.5) is 0 Å². The first-order valence-corrected chi connectivity index (χ1v) is 11.7. The van der Waals surface area contributed by atoms with Gasteiger partial charge in [0.1, 0.15) is 0 Å². The van der Waals surface area contributed by atoms with Crippen LogP contribution in [0.15, 0.2) is 67.0 Å². The van der Waals surface area contributed by atoms with Crippen molar-refractivity contribution in [2.24, 2.45) is 7.05 Å². The van der Waals surface area contributed by atoms with Crippen molar-refractivity contribution >= 4 is 46.7 Å². The van der Waals surface area contributed by atoms with Gasteiger partial charge >= 0.3 is 0 Å². The first kappa shape index (κ1) is 23.7. The van der Waals surface area contributed by atoms with Crippen molar-refractivity contribution in [3.8, 4) is 39.5 Å². The Hall–Kier alpha value is -4.00. The number of ether oxygens (including phenoxy) is 1. The summed E-state index contributed by atoms with van der Waals surface area (Å²) in [5.74, 6) is 0.226. The molecule has 0 unspecified atom stereocenters. The van der Waals surface area contributed by atoms with Crippen molar-refractivity contribution < 1.29 is 14.3 Å². The average Bonchev–Trinajstić information content (AvgIpc) is 3.23. The molecule has 2 aromatic carbocycles. The molecule has 0 aliphatic carbocycles. The van der Waals surface area contributed by atoms with Crippen LogP contribution in [0.1, 0.15) is 20.7 Å². The van der Waals surface area contributed by atoms with Crippen LogP contribution >= 0.6 is 23.2 Å². The largest absolute Gasteiger partial charge is 0.480 e. The predicted molar refractivity (Wildman–Crippen MR) is 142 cm³/mol. The summed E-state index contributed by atoms with van der Waals surface area (Å²) in [6.07, 6.45) is 4.98. The topological polar surface area (TPSA) is 74.1 Å². The SMILES string of the molecule is COc1nc(-c2cccc(-c3cccc(-c4cc5c(cn4)c(C=O)cn5C)c3Cl)c2Cl)ccc1C=O. The van der Waals surface area contributed by atoms with Crippen LogP contribution in [0.5, 0.6) is 5.88 Å². The number of aromatic nitrogens is 3. The summed E-state index contributed by atoms with van der Waals surface area (Å²) in [6, 6.07) is 16.6. The molecular weight excluding hydrogens is 497 g/mol. The molecule has 0 saturated carbocycles. The third kappa shape index (κ3) is 3.94. The van der Waals surface area contributed by atoms with E-state index in [9.17, 15) is 9.59 Å². The maximum Gasteiger partial charge on any atom is 0.224 e. The molecule has 0 fully saturated rings. The van der Waals surface area contributed by atoms with Gasteiger partial charge in [0.2, 0.25) is 5.88 Å². The van der Waals surface area contributed by atoms with E-state index in [-0.39, 0.29) is 5.88 Å². The van der Waals surface area contributed by atoms with Crippen LogP contribution < -0.4 is 4.74 Å². The second-order valence-corrected chi connectivity index (χ2v) is 8.90. The number of nitrogens with zero attached hydrogens (tertiary/aromatic N) is 3. The number of aldehydes is 2. The summed E-state index contributed by atoms with van der Waals surface area (Å²) in [4.78, 5) is 31.7. The maximum atomic E-state index is 11.4. The van der Waals surface area contributed by atoms with Crippen molar-refractivity contribution in [2.45, 2.75) is 0 Å². The molecule has 6 nitrogen and oxygen atoms in total. The Morgan fingerprint density at radius 1 is 0.833 bits per heavy atom. The average molecular weight is 516 g/mol. The number of methoxy groups -OCH3 is 1. The summed E-state index contributed by atoms with van der Waals surface area (Å²) in [5.41, 5.74) is 5.94. The van der Waals surface area contributed by atoms with Crippen molar-refractivity contribution in [1.82, 2.24) is 14.5 Å². The monoisotopic (exact) mass is 515 g/mol. The van der Waals surface area contributed by atoms with E-state index in [1.54, 1.807) is 24.5 Å². The van der Waals surface area contributed by atoms with Crippen LogP contribution in [0.2, 0.25) is 10.0 Å². The molecule has 0 radical (unpaired) electrons. The summed E-state index contributed by atoms with van der Waals surface area (Å²) in [7, 11) is 3.34. The Balaban J connectivity index is 1.62. The number of rotatable bonds is 6. The summed E-state index contributed by atoms with van der Waals surface area (Å²) in [6.45, 7) is 0. The van der Waals surface area contributed by atoms with Crippen LogP contribution in [0.3, 0.4) is 0 Å². The first-order chi connectivity index (χ1) is 17.5. The highest BCUT2D eigenvalue weighted by Gasteiger charge is 2.18. The Labute approximate surface area is 217 Å². The zero-order valence-electron chi connectivity index (χ0n) is 19.3. The molecule has 8 heteroatoms. The maximum absolute atomic E-state index is 11.4. The van der Waals surface area contributed by atoms with Crippen LogP contribution in [0, 0.1) is 0 Å². The zero-order chi connectivity index (χ0) is 25.4. The summed E-state index contributed by atoms with van der Waals surface area (Å²) >= 11 is 13.8. The molecule has 0 N–H and O–H groups in total. The van der Waals surface area contributed by atoms with E-state index in [1.807, 2.05) is 54.1 Å². The molecule has 0 bridgehead atoms. The van der Waals surface area contributed by atoms with E-state index in [0.717, 1.165) is 33.9 Å². The molecule has 0 atom stereocenters. The van der Waals surface area contributed by atoms with Gasteiger partial charge in [0.15, 0.2) is 12.6 Å². The Morgan fingerprint density at radius 2 is 1.44 bits per heavy atom. The van der Waals surface area contributed by atoms with Crippen LogP contribution in [-0.2, 0) is 7.05 Å². The van der Waals surface area contributed by atoms with Gasteiger partial charge in [0, 0.05) is 52.6 Å². The van der Waals surface area contributed by atoms with Gasteiger partial charge in [-0.2, -0.15) is 0 Å². The smallest absolute Gasteiger partial charge is 0.224 e. The molecule has 0 spiro atoms. The normalized spacial score (nSPS) is 11.0. The Morgan fingerprint density at radius 3 is 2.06 bits per heavy atom. The zero-order valence-corrected chi connectivity index (χ0v) is 20.8. The molecule has 0 aliphatic rings. The van der Waals surface area contributed by atoms with E-state index < -0.39 is 0 Å². The van der Waals surface area contributed by atoms with E-state index >= 15 is 0 Å². The molecule has 36 heavy (non-hydrogen) atoms.